The van der Waals surface area contributed by atoms with Crippen molar-refractivity contribution in [3.05, 3.63) is 231 Å². The first-order chi connectivity index (χ1) is 36.2. The second kappa shape index (κ2) is 16.5. The summed E-state index contributed by atoms with van der Waals surface area (Å²) in [6, 6.07) is 78.8. The summed E-state index contributed by atoms with van der Waals surface area (Å²) in [7, 11) is 0. The zero-order valence-electron chi connectivity index (χ0n) is 38.9. The van der Waals surface area contributed by atoms with Crippen molar-refractivity contribution in [1.29, 1.82) is 0 Å². The van der Waals surface area contributed by atoms with Crippen LogP contribution in [-0.4, -0.2) is 9.97 Å². The van der Waals surface area contributed by atoms with Gasteiger partial charge in [-0.3, -0.25) is 0 Å². The fourth-order valence-electron chi connectivity index (χ4n) is 10.7. The quantitative estimate of drug-likeness (QED) is 0.141. The Morgan fingerprint density at radius 2 is 0.699 bits per heavy atom. The van der Waals surface area contributed by atoms with Crippen molar-refractivity contribution >= 4 is 98.8 Å². The Bertz CT molecular complexity index is 4390. The van der Waals surface area contributed by atoms with Crippen LogP contribution in [0.1, 0.15) is 0 Å². The lowest BCUT2D eigenvalue weighted by Gasteiger charge is -2.16. The minimum Gasteiger partial charge on any atom is -0.457 e. The van der Waals surface area contributed by atoms with Crippen molar-refractivity contribution in [3.63, 3.8) is 0 Å². The van der Waals surface area contributed by atoms with E-state index in [2.05, 4.69) is 133 Å². The second-order valence-electron chi connectivity index (χ2n) is 18.3. The average Bonchev–Trinajstić information content (AvgIpc) is 4.15. The lowest BCUT2D eigenvalue weighted by molar-refractivity contribution is 0.484. The van der Waals surface area contributed by atoms with Crippen LogP contribution in [-0.2, 0) is 0 Å². The summed E-state index contributed by atoms with van der Waals surface area (Å²) in [5.41, 5.74) is 12.8. The molecule has 4 heterocycles. The molecule has 4 aromatic heterocycles. The first kappa shape index (κ1) is 41.2. The number of thiophene rings is 1. The Kier molecular flexibility index (Phi) is 9.33. The van der Waals surface area contributed by atoms with E-state index in [9.17, 15) is 0 Å². The molecule has 0 spiro atoms. The molecule has 0 fully saturated rings. The summed E-state index contributed by atoms with van der Waals surface area (Å²) in [4.78, 5) is 13.6. The van der Waals surface area contributed by atoms with Gasteiger partial charge in [-0.15, -0.1) is 11.3 Å². The number of benzene rings is 11. The maximum absolute atomic E-state index is 6.87. The number of para-hydroxylation sites is 4. The monoisotopic (exact) mass is 954 g/mol. The molecule has 0 N–H and O–H groups in total. The highest BCUT2D eigenvalue weighted by molar-refractivity contribution is 7.21. The van der Waals surface area contributed by atoms with Gasteiger partial charge in [0.25, 0.3) is 0 Å². The number of aromatic nitrogens is 2. The fourth-order valence-corrected chi connectivity index (χ4v) is 12.0. The van der Waals surface area contributed by atoms with Gasteiger partial charge >= 0.3 is 0 Å². The van der Waals surface area contributed by atoms with E-state index in [1.807, 2.05) is 97.1 Å². The molecule has 6 nitrogen and oxygen atoms in total. The van der Waals surface area contributed by atoms with Crippen molar-refractivity contribution in [2.45, 2.75) is 0 Å². The van der Waals surface area contributed by atoms with E-state index in [-0.39, 0.29) is 0 Å². The number of nitrogens with zero attached hydrogens (tertiary/aromatic N) is 2. The van der Waals surface area contributed by atoms with E-state index in [1.54, 1.807) is 11.3 Å². The second-order valence-corrected chi connectivity index (χ2v) is 19.3. The number of hydrogen-bond donors (Lipinski definition) is 0. The molecular weight excluding hydrogens is 917 g/mol. The van der Waals surface area contributed by atoms with Gasteiger partial charge in [-0.2, -0.15) is 0 Å². The van der Waals surface area contributed by atoms with Crippen molar-refractivity contribution in [2.75, 3.05) is 0 Å². The summed E-state index contributed by atoms with van der Waals surface area (Å²) in [6.45, 7) is 0. The standard InChI is InChI=1S/C66H38N2O4S/c1-3-17-39(18-4-1)43-21-7-11-27-53(43)69-41-33-35-45-51(37-41)52-38-42(70-54-28-12-8-22-44(54)40-19-5-2-6-20-40)34-36-46(52)62-61(45)67-63-64(68-62)66(50-26-16-32-58-60(50)48-24-10-14-30-56(48)72-58)73-65(63)49-25-15-31-57-59(49)47-23-9-13-29-55(47)71-57/h1-38H. The molecule has 0 atom stereocenters. The average molecular weight is 955 g/mol. The van der Waals surface area contributed by atoms with Crippen LogP contribution in [0, 0.1) is 0 Å². The van der Waals surface area contributed by atoms with Crippen LogP contribution in [0.5, 0.6) is 23.0 Å². The molecule has 0 radical (unpaired) electrons. The largest absolute Gasteiger partial charge is 0.457 e. The van der Waals surface area contributed by atoms with E-state index < -0.39 is 0 Å². The fraction of sp³-hybridized carbons (Fsp3) is 0. The number of hydrogen-bond acceptors (Lipinski definition) is 7. The normalized spacial score (nSPS) is 11.8. The molecule has 15 aromatic rings. The maximum Gasteiger partial charge on any atom is 0.136 e. The number of rotatable bonds is 8. The molecule has 73 heavy (non-hydrogen) atoms. The van der Waals surface area contributed by atoms with Gasteiger partial charge in [-0.25, -0.2) is 9.97 Å². The smallest absolute Gasteiger partial charge is 0.136 e. The van der Waals surface area contributed by atoms with Crippen LogP contribution in [0.25, 0.3) is 131 Å². The Morgan fingerprint density at radius 3 is 1.18 bits per heavy atom. The van der Waals surface area contributed by atoms with Crippen molar-refractivity contribution < 1.29 is 18.3 Å². The minimum atomic E-state index is 0.698. The third-order valence-electron chi connectivity index (χ3n) is 14.0. The predicted octanol–water partition coefficient (Wildman–Crippen LogP) is 19.2. The Balaban J connectivity index is 1.01. The molecule has 0 saturated carbocycles. The van der Waals surface area contributed by atoms with Gasteiger partial charge < -0.3 is 18.3 Å². The Hall–Kier alpha value is -9.56. The summed E-state index contributed by atoms with van der Waals surface area (Å²) in [5.74, 6) is 2.92. The van der Waals surface area contributed by atoms with Gasteiger partial charge in [0.1, 0.15) is 56.4 Å². The molecule has 0 bridgehead atoms. The lowest BCUT2D eigenvalue weighted by Crippen LogP contribution is -1.94. The van der Waals surface area contributed by atoms with Crippen LogP contribution in [0.15, 0.2) is 239 Å². The molecule has 0 unspecified atom stereocenters. The Morgan fingerprint density at radius 1 is 0.301 bits per heavy atom. The predicted molar refractivity (Wildman–Crippen MR) is 299 cm³/mol. The zero-order chi connectivity index (χ0) is 48.0. The molecule has 11 aromatic carbocycles. The van der Waals surface area contributed by atoms with Gasteiger partial charge in [0.05, 0.1) is 20.8 Å². The summed E-state index contributed by atoms with van der Waals surface area (Å²) in [5, 5.41) is 8.00. The van der Waals surface area contributed by atoms with Crippen LogP contribution in [0.2, 0.25) is 0 Å². The van der Waals surface area contributed by atoms with E-state index in [0.29, 0.717) is 11.5 Å². The maximum atomic E-state index is 6.87. The first-order valence-electron chi connectivity index (χ1n) is 24.3. The summed E-state index contributed by atoms with van der Waals surface area (Å²) >= 11 is 1.71. The molecule has 0 amide bonds. The molecule has 15 rings (SSSR count). The topological polar surface area (TPSA) is 70.5 Å². The van der Waals surface area contributed by atoms with E-state index in [4.69, 9.17) is 28.3 Å². The highest BCUT2D eigenvalue weighted by atomic mass is 32.1. The SMILES string of the molecule is c1ccc(-c2ccccc2Oc2ccc3c(c2)c2cc(Oc4ccccc4-c4ccccc4)ccc2c2nc4c(-c5cccc6oc7ccccc7c56)sc(-c5cccc6oc7ccccc7c56)c4nc32)cc1. The molecule has 0 aliphatic rings. The lowest BCUT2D eigenvalue weighted by atomic mass is 9.98. The van der Waals surface area contributed by atoms with Gasteiger partial charge in [-0.05, 0) is 94.7 Å². The molecule has 0 aliphatic heterocycles. The van der Waals surface area contributed by atoms with Crippen LogP contribution >= 0.6 is 11.3 Å². The minimum absolute atomic E-state index is 0.698. The first-order valence-corrected chi connectivity index (χ1v) is 25.1. The summed E-state index contributed by atoms with van der Waals surface area (Å²) in [6.07, 6.45) is 0. The van der Waals surface area contributed by atoms with E-state index in [1.165, 1.54) is 0 Å². The summed E-state index contributed by atoms with van der Waals surface area (Å²) < 4.78 is 26.7. The molecule has 342 valence electrons. The van der Waals surface area contributed by atoms with Gasteiger partial charge in [0.15, 0.2) is 0 Å². The van der Waals surface area contributed by atoms with Crippen molar-refractivity contribution in [1.82, 2.24) is 9.97 Å². The van der Waals surface area contributed by atoms with Crippen molar-refractivity contribution in [2.24, 2.45) is 0 Å². The Labute approximate surface area is 421 Å². The third kappa shape index (κ3) is 6.71. The van der Waals surface area contributed by atoms with Crippen LogP contribution < -0.4 is 9.47 Å². The molecule has 0 aliphatic carbocycles. The molecule has 7 heteroatoms. The van der Waals surface area contributed by atoms with Gasteiger partial charge in [0.2, 0.25) is 0 Å². The van der Waals surface area contributed by atoms with Crippen LogP contribution in [0.3, 0.4) is 0 Å². The third-order valence-corrected chi connectivity index (χ3v) is 15.2. The highest BCUT2D eigenvalue weighted by Gasteiger charge is 2.26. The molecular formula is C66H38N2O4S. The number of furan rings is 2. The number of ether oxygens (including phenoxy) is 2. The zero-order valence-corrected chi connectivity index (χ0v) is 39.7. The number of fused-ring (bicyclic) bond motifs is 13. The van der Waals surface area contributed by atoms with Crippen molar-refractivity contribution in [3.8, 4) is 66.1 Å². The van der Waals surface area contributed by atoms with Crippen LogP contribution in [0.4, 0.5) is 0 Å². The van der Waals surface area contributed by atoms with Gasteiger partial charge in [-0.1, -0.05) is 158 Å². The van der Waals surface area contributed by atoms with Gasteiger partial charge in [0, 0.05) is 54.6 Å². The van der Waals surface area contributed by atoms with E-state index in [0.717, 1.165) is 142 Å². The van der Waals surface area contributed by atoms with E-state index >= 15 is 0 Å². The highest BCUT2D eigenvalue weighted by Crippen LogP contribution is 2.51. The molecule has 0 saturated heterocycles.